The molecule has 1 aromatic carbocycles. The molecule has 0 atom stereocenters. The molecule has 1 aliphatic rings. The van der Waals surface area contributed by atoms with E-state index >= 15 is 0 Å². The summed E-state index contributed by atoms with van der Waals surface area (Å²) in [7, 11) is 2.12. The topological polar surface area (TPSA) is 79.1 Å². The second kappa shape index (κ2) is 8.24. The van der Waals surface area contributed by atoms with Crippen LogP contribution in [0.25, 0.3) is 16.7 Å². The lowest BCUT2D eigenvalue weighted by atomic mass is 9.80. The van der Waals surface area contributed by atoms with E-state index < -0.39 is 0 Å². The van der Waals surface area contributed by atoms with Gasteiger partial charge in [0.05, 0.1) is 23.9 Å². The quantitative estimate of drug-likeness (QED) is 0.656. The lowest BCUT2D eigenvalue weighted by Crippen LogP contribution is -2.53. The van der Waals surface area contributed by atoms with Gasteiger partial charge >= 0.3 is 0 Å². The van der Waals surface area contributed by atoms with Crippen molar-refractivity contribution in [3.8, 4) is 5.69 Å². The molecule has 0 unspecified atom stereocenters. The van der Waals surface area contributed by atoms with Crippen LogP contribution in [-0.4, -0.2) is 62.0 Å². The van der Waals surface area contributed by atoms with E-state index in [1.165, 1.54) is 19.3 Å². The molecule has 28 heavy (non-hydrogen) atoms. The molecule has 1 saturated carbocycles. The van der Waals surface area contributed by atoms with E-state index in [4.69, 9.17) is 0 Å². The molecule has 0 amide bonds. The van der Waals surface area contributed by atoms with Gasteiger partial charge in [-0.05, 0) is 32.0 Å². The molecule has 0 saturated heterocycles. The van der Waals surface area contributed by atoms with Crippen LogP contribution in [0, 0.1) is 0 Å². The van der Waals surface area contributed by atoms with Gasteiger partial charge in [0.25, 0.3) is 0 Å². The van der Waals surface area contributed by atoms with Gasteiger partial charge in [0.2, 0.25) is 0 Å². The molecule has 0 aliphatic heterocycles. The van der Waals surface area contributed by atoms with Crippen LogP contribution in [0.2, 0.25) is 0 Å². The number of aromatic nitrogens is 4. The fraction of sp³-hybridized carbons (Fsp3) is 0.476. The zero-order valence-corrected chi connectivity index (χ0v) is 16.4. The number of β-amino-alcohol motifs (C(OH)–C–C–N with tert-alkyl or cyclic N) is 1. The molecular formula is C21H28N6O. The van der Waals surface area contributed by atoms with Crippen molar-refractivity contribution in [3.63, 3.8) is 0 Å². The SMILES string of the molecule is CN(CCO)C1(CNc2ncnc3c2cnn3-c2ccccc2)CCCCC1. The number of nitrogens with zero attached hydrogens (tertiary/aromatic N) is 5. The highest BCUT2D eigenvalue weighted by molar-refractivity contribution is 5.87. The molecule has 0 radical (unpaired) electrons. The predicted octanol–water partition coefficient (Wildman–Crippen LogP) is 2.85. The summed E-state index contributed by atoms with van der Waals surface area (Å²) in [6, 6.07) is 10.0. The van der Waals surface area contributed by atoms with E-state index in [0.29, 0.717) is 6.54 Å². The fourth-order valence-corrected chi connectivity index (χ4v) is 4.28. The Bertz CT molecular complexity index is 904. The van der Waals surface area contributed by atoms with Crippen molar-refractivity contribution in [2.45, 2.75) is 37.6 Å². The average Bonchev–Trinajstić information content (AvgIpc) is 3.18. The zero-order valence-electron chi connectivity index (χ0n) is 16.4. The summed E-state index contributed by atoms with van der Waals surface area (Å²) in [4.78, 5) is 11.3. The Morgan fingerprint density at radius 1 is 1.14 bits per heavy atom. The maximum atomic E-state index is 9.43. The summed E-state index contributed by atoms with van der Waals surface area (Å²) in [5.74, 6) is 0.814. The lowest BCUT2D eigenvalue weighted by Gasteiger charge is -2.45. The number of aliphatic hydroxyl groups is 1. The van der Waals surface area contributed by atoms with E-state index in [0.717, 1.165) is 41.9 Å². The van der Waals surface area contributed by atoms with E-state index in [1.807, 2.05) is 41.2 Å². The number of para-hydroxylation sites is 1. The Hall–Kier alpha value is -2.51. The molecule has 3 aromatic rings. The van der Waals surface area contributed by atoms with E-state index in [9.17, 15) is 5.11 Å². The van der Waals surface area contributed by atoms with E-state index in [-0.39, 0.29) is 12.1 Å². The Kier molecular flexibility index (Phi) is 5.54. The normalized spacial score (nSPS) is 16.5. The number of aliphatic hydroxyl groups excluding tert-OH is 1. The van der Waals surface area contributed by atoms with Gasteiger partial charge in [0.1, 0.15) is 12.1 Å². The number of nitrogens with one attached hydrogen (secondary N) is 1. The van der Waals surface area contributed by atoms with Crippen molar-refractivity contribution in [2.24, 2.45) is 0 Å². The first-order valence-electron chi connectivity index (χ1n) is 10.0. The number of fused-ring (bicyclic) bond motifs is 1. The smallest absolute Gasteiger partial charge is 0.168 e. The predicted molar refractivity (Wildman–Crippen MR) is 111 cm³/mol. The third kappa shape index (κ3) is 3.59. The van der Waals surface area contributed by atoms with Crippen molar-refractivity contribution in [3.05, 3.63) is 42.9 Å². The largest absolute Gasteiger partial charge is 0.395 e. The second-order valence-corrected chi connectivity index (χ2v) is 7.64. The van der Waals surface area contributed by atoms with Gasteiger partial charge in [-0.15, -0.1) is 0 Å². The van der Waals surface area contributed by atoms with Crippen LogP contribution in [-0.2, 0) is 0 Å². The van der Waals surface area contributed by atoms with Crippen molar-refractivity contribution in [2.75, 3.05) is 32.1 Å². The summed E-state index contributed by atoms with van der Waals surface area (Å²) in [6.07, 6.45) is 9.43. The first-order chi connectivity index (χ1) is 13.7. The van der Waals surface area contributed by atoms with Crippen LogP contribution in [0.15, 0.2) is 42.9 Å². The number of anilines is 1. The maximum Gasteiger partial charge on any atom is 0.168 e. The summed E-state index contributed by atoms with van der Waals surface area (Å²) in [5.41, 5.74) is 1.83. The summed E-state index contributed by atoms with van der Waals surface area (Å²) in [5, 5.41) is 18.5. The second-order valence-electron chi connectivity index (χ2n) is 7.64. The van der Waals surface area contributed by atoms with Crippen LogP contribution in [0.3, 0.4) is 0 Å². The van der Waals surface area contributed by atoms with Gasteiger partial charge in [0.15, 0.2) is 5.65 Å². The molecule has 1 aliphatic carbocycles. The molecule has 2 heterocycles. The molecule has 2 N–H and O–H groups in total. The number of hydrogen-bond donors (Lipinski definition) is 2. The van der Waals surface area contributed by atoms with Gasteiger partial charge < -0.3 is 10.4 Å². The molecule has 4 rings (SSSR count). The number of hydrogen-bond acceptors (Lipinski definition) is 6. The van der Waals surface area contributed by atoms with Crippen LogP contribution < -0.4 is 5.32 Å². The van der Waals surface area contributed by atoms with Crippen LogP contribution >= 0.6 is 0 Å². The minimum Gasteiger partial charge on any atom is -0.395 e. The first-order valence-corrected chi connectivity index (χ1v) is 10.0. The Morgan fingerprint density at radius 2 is 1.93 bits per heavy atom. The van der Waals surface area contributed by atoms with Crippen molar-refractivity contribution >= 4 is 16.9 Å². The van der Waals surface area contributed by atoms with Crippen LogP contribution in [0.1, 0.15) is 32.1 Å². The van der Waals surface area contributed by atoms with Gasteiger partial charge in [-0.25, -0.2) is 14.6 Å². The third-order valence-corrected chi connectivity index (χ3v) is 5.98. The van der Waals surface area contributed by atoms with Gasteiger partial charge in [-0.1, -0.05) is 37.5 Å². The van der Waals surface area contributed by atoms with Crippen LogP contribution in [0.5, 0.6) is 0 Å². The molecule has 0 bridgehead atoms. The monoisotopic (exact) mass is 380 g/mol. The summed E-state index contributed by atoms with van der Waals surface area (Å²) in [6.45, 7) is 1.67. The fourth-order valence-electron chi connectivity index (χ4n) is 4.28. The Balaban J connectivity index is 1.60. The van der Waals surface area contributed by atoms with E-state index in [2.05, 4.69) is 32.3 Å². The van der Waals surface area contributed by atoms with Crippen molar-refractivity contribution in [1.82, 2.24) is 24.6 Å². The molecule has 1 fully saturated rings. The summed E-state index contributed by atoms with van der Waals surface area (Å²) < 4.78 is 1.84. The minimum atomic E-state index is 0.0493. The zero-order chi connectivity index (χ0) is 19.4. The average molecular weight is 380 g/mol. The highest BCUT2D eigenvalue weighted by Crippen LogP contribution is 2.33. The number of benzene rings is 1. The molecule has 0 spiro atoms. The minimum absolute atomic E-state index is 0.0493. The lowest BCUT2D eigenvalue weighted by molar-refractivity contribution is 0.0690. The molecule has 2 aromatic heterocycles. The van der Waals surface area contributed by atoms with Gasteiger partial charge in [-0.2, -0.15) is 5.10 Å². The molecular weight excluding hydrogens is 352 g/mol. The third-order valence-electron chi connectivity index (χ3n) is 5.98. The standard InChI is InChI=1S/C21H28N6O/c1-26(12-13-28)21(10-6-3-7-11-21)15-22-19-18-14-25-27(20(18)24-16-23-19)17-8-4-2-5-9-17/h2,4-5,8-9,14,16,28H,3,6-7,10-13,15H2,1H3,(H,22,23,24). The van der Waals surface area contributed by atoms with Gasteiger partial charge in [0, 0.05) is 18.6 Å². The highest BCUT2D eigenvalue weighted by atomic mass is 16.3. The first kappa shape index (κ1) is 18.8. The van der Waals surface area contributed by atoms with Gasteiger partial charge in [-0.3, -0.25) is 4.90 Å². The highest BCUT2D eigenvalue weighted by Gasteiger charge is 2.35. The summed E-state index contributed by atoms with van der Waals surface area (Å²) >= 11 is 0. The number of likely N-dealkylation sites (N-methyl/N-ethyl adjacent to an activating group) is 1. The number of rotatable bonds is 7. The van der Waals surface area contributed by atoms with Crippen LogP contribution in [0.4, 0.5) is 5.82 Å². The van der Waals surface area contributed by atoms with Crippen molar-refractivity contribution < 1.29 is 5.11 Å². The molecule has 7 heteroatoms. The Labute approximate surface area is 165 Å². The van der Waals surface area contributed by atoms with Crippen molar-refractivity contribution in [1.29, 1.82) is 0 Å². The molecule has 7 nitrogen and oxygen atoms in total. The van der Waals surface area contributed by atoms with E-state index in [1.54, 1.807) is 6.33 Å². The Morgan fingerprint density at radius 3 is 2.68 bits per heavy atom. The maximum absolute atomic E-state index is 9.43. The molecule has 148 valence electrons.